The van der Waals surface area contributed by atoms with E-state index in [1.165, 1.54) is 4.90 Å². The molecule has 1 aromatic carbocycles. The zero-order valence-electron chi connectivity index (χ0n) is 16.7. The minimum absolute atomic E-state index is 0.0624. The van der Waals surface area contributed by atoms with Gasteiger partial charge in [-0.2, -0.15) is 0 Å². The molecule has 2 aliphatic rings. The van der Waals surface area contributed by atoms with Crippen LogP contribution in [0, 0.1) is 0 Å². The second-order valence-corrected chi connectivity index (χ2v) is 7.97. The van der Waals surface area contributed by atoms with E-state index in [9.17, 15) is 14.4 Å². The van der Waals surface area contributed by atoms with E-state index in [4.69, 9.17) is 0 Å². The highest BCUT2D eigenvalue weighted by atomic mass is 16.2. The smallest absolute Gasteiger partial charge is 0.325 e. The third kappa shape index (κ3) is 4.35. The molecule has 4 amide bonds. The molecule has 0 unspecified atom stereocenters. The van der Waals surface area contributed by atoms with E-state index in [-0.39, 0.29) is 36.9 Å². The standard InChI is InChI=1S/C21H30N4O3/c1-24(2)17(16-9-5-3-6-10-16)15-22-18(26)11-14-25-19(27)21(23-20(25)28)12-7-4-8-13-21/h3,5-6,9-10,17H,4,7-8,11-15H2,1-2H3,(H,22,26)(H,23,28)/t17-/m0/s1. The van der Waals surface area contributed by atoms with Crippen LogP contribution < -0.4 is 10.6 Å². The molecule has 152 valence electrons. The first-order chi connectivity index (χ1) is 13.4. The molecule has 2 N–H and O–H groups in total. The first-order valence-electron chi connectivity index (χ1n) is 10.1. The fourth-order valence-electron chi connectivity index (χ4n) is 4.16. The number of hydrogen-bond acceptors (Lipinski definition) is 4. The lowest BCUT2D eigenvalue weighted by Gasteiger charge is -2.30. The van der Waals surface area contributed by atoms with Gasteiger partial charge in [-0.1, -0.05) is 49.6 Å². The first kappa shape index (κ1) is 20.3. The summed E-state index contributed by atoms with van der Waals surface area (Å²) in [4.78, 5) is 40.6. The Balaban J connectivity index is 1.51. The van der Waals surface area contributed by atoms with Gasteiger partial charge in [0.2, 0.25) is 5.91 Å². The van der Waals surface area contributed by atoms with Gasteiger partial charge in [0, 0.05) is 19.5 Å². The number of carbonyl (C=O) groups excluding carboxylic acids is 3. The minimum Gasteiger partial charge on any atom is -0.354 e. The molecule has 1 saturated heterocycles. The minimum atomic E-state index is -0.727. The Labute approximate surface area is 166 Å². The van der Waals surface area contributed by atoms with Crippen molar-refractivity contribution in [2.75, 3.05) is 27.2 Å². The van der Waals surface area contributed by atoms with Gasteiger partial charge in [0.25, 0.3) is 5.91 Å². The third-order valence-electron chi connectivity index (χ3n) is 5.82. The van der Waals surface area contributed by atoms with E-state index in [0.29, 0.717) is 19.4 Å². The van der Waals surface area contributed by atoms with Crippen LogP contribution in [0.5, 0.6) is 0 Å². The van der Waals surface area contributed by atoms with Gasteiger partial charge in [0.1, 0.15) is 5.54 Å². The molecule has 1 aromatic rings. The zero-order chi connectivity index (χ0) is 20.1. The topological polar surface area (TPSA) is 81.8 Å². The van der Waals surface area contributed by atoms with E-state index in [1.54, 1.807) is 0 Å². The van der Waals surface area contributed by atoms with Crippen LogP contribution in [0.15, 0.2) is 30.3 Å². The van der Waals surface area contributed by atoms with Crippen LogP contribution >= 0.6 is 0 Å². The Morgan fingerprint density at radius 2 is 1.86 bits per heavy atom. The number of hydrogen-bond donors (Lipinski definition) is 2. The van der Waals surface area contributed by atoms with Crippen molar-refractivity contribution in [2.45, 2.75) is 50.1 Å². The molecule has 28 heavy (non-hydrogen) atoms. The molecule has 1 heterocycles. The number of likely N-dealkylation sites (N-methyl/N-ethyl adjacent to an activating group) is 1. The number of nitrogens with zero attached hydrogens (tertiary/aromatic N) is 2. The number of benzene rings is 1. The van der Waals surface area contributed by atoms with Crippen LogP contribution in [0.1, 0.15) is 50.1 Å². The summed E-state index contributed by atoms with van der Waals surface area (Å²) in [5.74, 6) is -0.326. The summed E-state index contributed by atoms with van der Waals surface area (Å²) in [5, 5.41) is 5.82. The summed E-state index contributed by atoms with van der Waals surface area (Å²) in [5.41, 5.74) is 0.399. The van der Waals surface area contributed by atoms with Crippen LogP contribution in [-0.2, 0) is 9.59 Å². The van der Waals surface area contributed by atoms with Crippen molar-refractivity contribution in [3.63, 3.8) is 0 Å². The molecular weight excluding hydrogens is 356 g/mol. The molecule has 3 rings (SSSR count). The molecule has 0 radical (unpaired) electrons. The number of imide groups is 1. The van der Waals surface area contributed by atoms with E-state index < -0.39 is 5.54 Å². The average Bonchev–Trinajstić information content (AvgIpc) is 2.90. The summed E-state index contributed by atoms with van der Waals surface area (Å²) in [7, 11) is 3.95. The SMILES string of the molecule is CN(C)[C@@H](CNC(=O)CCN1C(=O)NC2(CCCCC2)C1=O)c1ccccc1. The number of urea groups is 1. The van der Waals surface area contributed by atoms with Crippen molar-refractivity contribution in [1.82, 2.24) is 20.4 Å². The van der Waals surface area contributed by atoms with Crippen LogP contribution in [0.25, 0.3) is 0 Å². The Bertz CT molecular complexity index is 714. The molecule has 1 atom stereocenters. The largest absolute Gasteiger partial charge is 0.354 e. The lowest BCUT2D eigenvalue weighted by Crippen LogP contribution is -2.48. The summed E-state index contributed by atoms with van der Waals surface area (Å²) < 4.78 is 0. The van der Waals surface area contributed by atoms with Gasteiger partial charge in [-0.05, 0) is 32.5 Å². The molecule has 1 saturated carbocycles. The Hall–Kier alpha value is -2.41. The van der Waals surface area contributed by atoms with Crippen LogP contribution in [0.3, 0.4) is 0 Å². The highest BCUT2D eigenvalue weighted by Gasteiger charge is 2.51. The highest BCUT2D eigenvalue weighted by molar-refractivity contribution is 6.07. The van der Waals surface area contributed by atoms with Gasteiger partial charge in [0.15, 0.2) is 0 Å². The lowest BCUT2D eigenvalue weighted by atomic mass is 9.82. The molecule has 7 heteroatoms. The third-order valence-corrected chi connectivity index (χ3v) is 5.82. The van der Waals surface area contributed by atoms with Gasteiger partial charge < -0.3 is 15.5 Å². The molecule has 1 aliphatic heterocycles. The van der Waals surface area contributed by atoms with E-state index in [1.807, 2.05) is 44.4 Å². The summed E-state index contributed by atoms with van der Waals surface area (Å²) >= 11 is 0. The van der Waals surface area contributed by atoms with Crippen LogP contribution in [0.2, 0.25) is 0 Å². The van der Waals surface area contributed by atoms with Gasteiger partial charge in [-0.25, -0.2) is 4.79 Å². The van der Waals surface area contributed by atoms with Crippen molar-refractivity contribution >= 4 is 17.8 Å². The number of amides is 4. The normalized spacial score (nSPS) is 19.8. The Morgan fingerprint density at radius 1 is 1.18 bits per heavy atom. The average molecular weight is 386 g/mol. The van der Waals surface area contributed by atoms with Crippen molar-refractivity contribution < 1.29 is 14.4 Å². The fraction of sp³-hybridized carbons (Fsp3) is 0.571. The van der Waals surface area contributed by atoms with Gasteiger partial charge in [0.05, 0.1) is 6.04 Å². The lowest BCUT2D eigenvalue weighted by molar-refractivity contribution is -0.132. The van der Waals surface area contributed by atoms with Gasteiger partial charge >= 0.3 is 6.03 Å². The molecule has 0 bridgehead atoms. The summed E-state index contributed by atoms with van der Waals surface area (Å²) in [6, 6.07) is 9.69. The molecule has 1 spiro atoms. The highest BCUT2D eigenvalue weighted by Crippen LogP contribution is 2.33. The summed E-state index contributed by atoms with van der Waals surface area (Å²) in [6.45, 7) is 0.593. The molecule has 0 aromatic heterocycles. The predicted octanol–water partition coefficient (Wildman–Crippen LogP) is 2.05. The van der Waals surface area contributed by atoms with Crippen molar-refractivity contribution in [3.05, 3.63) is 35.9 Å². The maximum absolute atomic E-state index is 12.7. The quantitative estimate of drug-likeness (QED) is 0.703. The van der Waals surface area contributed by atoms with E-state index in [0.717, 1.165) is 24.8 Å². The molecule has 1 aliphatic carbocycles. The molecular formula is C21H30N4O3. The molecule has 2 fully saturated rings. The maximum atomic E-state index is 12.7. The summed E-state index contributed by atoms with van der Waals surface area (Å²) in [6.07, 6.45) is 4.51. The Kier molecular flexibility index (Phi) is 6.34. The second-order valence-electron chi connectivity index (χ2n) is 7.97. The number of nitrogens with one attached hydrogen (secondary N) is 2. The monoisotopic (exact) mass is 386 g/mol. The van der Waals surface area contributed by atoms with Crippen molar-refractivity contribution in [2.24, 2.45) is 0 Å². The van der Waals surface area contributed by atoms with Crippen LogP contribution in [-0.4, -0.2) is 60.4 Å². The Morgan fingerprint density at radius 3 is 2.50 bits per heavy atom. The van der Waals surface area contributed by atoms with Crippen LogP contribution in [0.4, 0.5) is 4.79 Å². The second kappa shape index (κ2) is 8.73. The maximum Gasteiger partial charge on any atom is 0.325 e. The number of carbonyl (C=O) groups is 3. The van der Waals surface area contributed by atoms with Crippen molar-refractivity contribution in [3.8, 4) is 0 Å². The predicted molar refractivity (Wildman–Crippen MR) is 107 cm³/mol. The zero-order valence-corrected chi connectivity index (χ0v) is 16.7. The fourth-order valence-corrected chi connectivity index (χ4v) is 4.16. The number of rotatable bonds is 7. The van der Waals surface area contributed by atoms with Crippen molar-refractivity contribution in [1.29, 1.82) is 0 Å². The van der Waals surface area contributed by atoms with E-state index >= 15 is 0 Å². The van der Waals surface area contributed by atoms with E-state index in [2.05, 4.69) is 15.5 Å². The molecule has 7 nitrogen and oxygen atoms in total. The van der Waals surface area contributed by atoms with Gasteiger partial charge in [-0.15, -0.1) is 0 Å². The van der Waals surface area contributed by atoms with Gasteiger partial charge in [-0.3, -0.25) is 14.5 Å². The first-order valence-corrected chi connectivity index (χ1v) is 10.1.